The van der Waals surface area contributed by atoms with Crippen LogP contribution in [0, 0.1) is 12.3 Å². The first-order chi connectivity index (χ1) is 10.7. The van der Waals surface area contributed by atoms with E-state index in [1.54, 1.807) is 0 Å². The summed E-state index contributed by atoms with van der Waals surface area (Å²) in [7, 11) is 2.14. The number of aryl methyl sites for hydroxylation is 1. The molecule has 1 aromatic carbocycles. The Morgan fingerprint density at radius 1 is 1.17 bits per heavy atom. The van der Waals surface area contributed by atoms with Crippen molar-refractivity contribution in [2.45, 2.75) is 41.5 Å². The summed E-state index contributed by atoms with van der Waals surface area (Å²) in [5.74, 6) is 0. The van der Waals surface area contributed by atoms with Gasteiger partial charge in [0.1, 0.15) is 0 Å². The van der Waals surface area contributed by atoms with Gasteiger partial charge in [0.2, 0.25) is 0 Å². The van der Waals surface area contributed by atoms with Crippen molar-refractivity contribution in [1.29, 1.82) is 0 Å². The summed E-state index contributed by atoms with van der Waals surface area (Å²) in [4.78, 5) is 2.28. The number of benzene rings is 1. The fourth-order valence-electron chi connectivity index (χ4n) is 3.13. The van der Waals surface area contributed by atoms with E-state index >= 15 is 0 Å². The third-order valence-corrected chi connectivity index (χ3v) is 4.48. The molecule has 1 aromatic rings. The SMILES string of the molecule is C=C(C)c1ccc(N(C)/C(=C\C)C2=CC=C2C(C)(C)C)cc1C. The van der Waals surface area contributed by atoms with E-state index < -0.39 is 0 Å². The fraction of sp³-hybridized carbons (Fsp3) is 0.364. The third kappa shape index (κ3) is 3.34. The van der Waals surface area contributed by atoms with Gasteiger partial charge in [-0.3, -0.25) is 0 Å². The van der Waals surface area contributed by atoms with E-state index in [4.69, 9.17) is 0 Å². The Morgan fingerprint density at radius 3 is 2.22 bits per heavy atom. The molecular weight excluding hydrogens is 278 g/mol. The Hall–Kier alpha value is -2.02. The predicted molar refractivity (Wildman–Crippen MR) is 104 cm³/mol. The summed E-state index contributed by atoms with van der Waals surface area (Å²) in [6.45, 7) is 17.2. The molecule has 0 atom stereocenters. The van der Waals surface area contributed by atoms with Crippen LogP contribution in [0.5, 0.6) is 0 Å². The molecular formula is C22H29N. The monoisotopic (exact) mass is 307 g/mol. The smallest absolute Gasteiger partial charge is 0.0441 e. The maximum atomic E-state index is 4.06. The lowest BCUT2D eigenvalue weighted by Gasteiger charge is -2.35. The molecule has 0 bridgehead atoms. The summed E-state index contributed by atoms with van der Waals surface area (Å²) < 4.78 is 0. The standard InChI is InChI=1S/C22H29N/c1-9-21(19-12-13-20(19)22(5,6)7)23(8)17-10-11-18(15(2)3)16(4)14-17/h9-14H,2H2,1,3-8H3/b21-9-. The molecule has 0 aliphatic heterocycles. The van der Waals surface area contributed by atoms with Crippen molar-refractivity contribution in [3.8, 4) is 0 Å². The van der Waals surface area contributed by atoms with E-state index in [9.17, 15) is 0 Å². The highest BCUT2D eigenvalue weighted by molar-refractivity contribution is 5.70. The molecule has 0 saturated carbocycles. The van der Waals surface area contributed by atoms with Gasteiger partial charge >= 0.3 is 0 Å². The van der Waals surface area contributed by atoms with Gasteiger partial charge in [-0.2, -0.15) is 0 Å². The molecule has 1 aliphatic carbocycles. The number of hydrogen-bond donors (Lipinski definition) is 0. The van der Waals surface area contributed by atoms with Gasteiger partial charge in [-0.25, -0.2) is 0 Å². The van der Waals surface area contributed by atoms with Crippen LogP contribution < -0.4 is 4.90 Å². The molecule has 1 heteroatoms. The Kier molecular flexibility index (Phi) is 4.70. The van der Waals surface area contributed by atoms with Crippen LogP contribution in [-0.4, -0.2) is 7.05 Å². The Bertz CT molecular complexity index is 721. The van der Waals surface area contributed by atoms with E-state index in [1.165, 1.54) is 33.7 Å². The second kappa shape index (κ2) is 6.23. The van der Waals surface area contributed by atoms with Crippen LogP contribution in [0.2, 0.25) is 0 Å². The van der Waals surface area contributed by atoms with E-state index in [-0.39, 0.29) is 5.41 Å². The minimum atomic E-state index is 0.179. The summed E-state index contributed by atoms with van der Waals surface area (Å²) in [5.41, 5.74) is 9.05. The number of likely N-dealkylation sites (N-methyl/N-ethyl adjacent to an activating group) is 1. The molecule has 2 rings (SSSR count). The van der Waals surface area contributed by atoms with E-state index in [0.717, 1.165) is 5.57 Å². The first kappa shape index (κ1) is 17.3. The van der Waals surface area contributed by atoms with E-state index in [2.05, 4.69) is 96.5 Å². The van der Waals surface area contributed by atoms with Gasteiger partial charge in [-0.05, 0) is 55.0 Å². The number of nitrogens with zero attached hydrogens (tertiary/aromatic N) is 1. The van der Waals surface area contributed by atoms with Crippen molar-refractivity contribution in [1.82, 2.24) is 0 Å². The fourth-order valence-corrected chi connectivity index (χ4v) is 3.13. The molecule has 0 N–H and O–H groups in total. The molecule has 1 aliphatic rings. The average molecular weight is 307 g/mol. The minimum absolute atomic E-state index is 0.179. The minimum Gasteiger partial charge on any atom is -0.344 e. The van der Waals surface area contributed by atoms with Gasteiger partial charge in [-0.15, -0.1) is 0 Å². The quantitative estimate of drug-likeness (QED) is 0.632. The normalized spacial score (nSPS) is 14.8. The summed E-state index contributed by atoms with van der Waals surface area (Å²) in [5, 5.41) is 0. The molecule has 1 nitrogen and oxygen atoms in total. The second-order valence-corrected chi connectivity index (χ2v) is 7.42. The van der Waals surface area contributed by atoms with Crippen LogP contribution in [0.1, 0.15) is 45.7 Å². The first-order valence-corrected chi connectivity index (χ1v) is 8.26. The van der Waals surface area contributed by atoms with Gasteiger partial charge in [0, 0.05) is 24.0 Å². The zero-order valence-electron chi connectivity index (χ0n) is 15.6. The van der Waals surface area contributed by atoms with E-state index in [1.807, 2.05) is 0 Å². The van der Waals surface area contributed by atoms with Crippen molar-refractivity contribution < 1.29 is 0 Å². The lowest BCUT2D eigenvalue weighted by Crippen LogP contribution is -2.25. The molecule has 0 spiro atoms. The van der Waals surface area contributed by atoms with Crippen LogP contribution in [0.25, 0.3) is 5.57 Å². The lowest BCUT2D eigenvalue weighted by atomic mass is 9.75. The largest absolute Gasteiger partial charge is 0.344 e. The Morgan fingerprint density at radius 2 is 1.83 bits per heavy atom. The number of anilines is 1. The van der Waals surface area contributed by atoms with Crippen molar-refractivity contribution >= 4 is 11.3 Å². The van der Waals surface area contributed by atoms with Crippen LogP contribution in [0.4, 0.5) is 5.69 Å². The highest BCUT2D eigenvalue weighted by Crippen LogP contribution is 2.41. The summed E-state index contributed by atoms with van der Waals surface area (Å²) >= 11 is 0. The van der Waals surface area contributed by atoms with Gasteiger partial charge < -0.3 is 4.90 Å². The third-order valence-electron chi connectivity index (χ3n) is 4.48. The summed E-state index contributed by atoms with van der Waals surface area (Å²) in [6, 6.07) is 6.60. The second-order valence-electron chi connectivity index (χ2n) is 7.42. The maximum absolute atomic E-state index is 4.06. The molecule has 0 saturated heterocycles. The first-order valence-electron chi connectivity index (χ1n) is 8.26. The molecule has 0 unspecified atom stereocenters. The van der Waals surface area contributed by atoms with Crippen LogP contribution in [0.15, 0.2) is 59.8 Å². The Balaban J connectivity index is 2.31. The molecule has 0 radical (unpaired) electrons. The average Bonchev–Trinajstić information content (AvgIpc) is 2.39. The van der Waals surface area contributed by atoms with Gasteiger partial charge in [-0.1, -0.05) is 57.2 Å². The van der Waals surface area contributed by atoms with Gasteiger partial charge in [0.25, 0.3) is 0 Å². The topological polar surface area (TPSA) is 3.24 Å². The molecule has 23 heavy (non-hydrogen) atoms. The molecule has 0 fully saturated rings. The van der Waals surface area contributed by atoms with Crippen LogP contribution >= 0.6 is 0 Å². The van der Waals surface area contributed by atoms with Crippen molar-refractivity contribution in [2.24, 2.45) is 5.41 Å². The lowest BCUT2D eigenvalue weighted by molar-refractivity contribution is 0.506. The predicted octanol–water partition coefficient (Wildman–Crippen LogP) is 6.28. The molecule has 0 amide bonds. The number of allylic oxidation sites excluding steroid dienone is 5. The highest BCUT2D eigenvalue weighted by Gasteiger charge is 2.27. The number of rotatable bonds is 4. The van der Waals surface area contributed by atoms with E-state index in [0.29, 0.717) is 0 Å². The van der Waals surface area contributed by atoms with Gasteiger partial charge in [0.15, 0.2) is 0 Å². The maximum Gasteiger partial charge on any atom is 0.0441 e. The van der Waals surface area contributed by atoms with Crippen LogP contribution in [0.3, 0.4) is 0 Å². The molecule has 0 aromatic heterocycles. The molecule has 122 valence electrons. The van der Waals surface area contributed by atoms with Gasteiger partial charge in [0.05, 0.1) is 0 Å². The zero-order valence-corrected chi connectivity index (χ0v) is 15.6. The van der Waals surface area contributed by atoms with Crippen molar-refractivity contribution in [2.75, 3.05) is 11.9 Å². The Labute approximate surface area is 141 Å². The number of hydrogen-bond acceptors (Lipinski definition) is 1. The zero-order chi connectivity index (χ0) is 17.4. The van der Waals surface area contributed by atoms with Crippen molar-refractivity contribution in [3.63, 3.8) is 0 Å². The van der Waals surface area contributed by atoms with Crippen LogP contribution in [-0.2, 0) is 0 Å². The molecule has 0 heterocycles. The highest BCUT2D eigenvalue weighted by atomic mass is 15.1. The summed E-state index contributed by atoms with van der Waals surface area (Å²) in [6.07, 6.45) is 6.66. The van der Waals surface area contributed by atoms with Crippen molar-refractivity contribution in [3.05, 3.63) is 71.0 Å².